The number of hydrogen-bond acceptors (Lipinski definition) is 6. The molecule has 0 saturated heterocycles. The zero-order chi connectivity index (χ0) is 21.1. The number of nitrogens with two attached hydrogens (primary N) is 1. The lowest BCUT2D eigenvalue weighted by Crippen LogP contribution is -2.39. The van der Waals surface area contributed by atoms with E-state index in [1.807, 2.05) is 6.07 Å². The van der Waals surface area contributed by atoms with Crippen LogP contribution in [0.3, 0.4) is 0 Å². The highest BCUT2D eigenvalue weighted by atomic mass is 35.5. The summed E-state index contributed by atoms with van der Waals surface area (Å²) in [5.74, 6) is 0.652. The van der Waals surface area contributed by atoms with Crippen molar-refractivity contribution < 1.29 is 9.59 Å². The molecule has 152 valence electrons. The summed E-state index contributed by atoms with van der Waals surface area (Å²) in [5, 5.41) is 5.91. The lowest BCUT2D eigenvalue weighted by Gasteiger charge is -2.29. The predicted octanol–water partition coefficient (Wildman–Crippen LogP) is 2.72. The number of carbonyl (C=O) groups excluding carboxylic acids is 2. The van der Waals surface area contributed by atoms with E-state index in [0.717, 1.165) is 5.56 Å². The van der Waals surface area contributed by atoms with Gasteiger partial charge in [0.1, 0.15) is 11.6 Å². The van der Waals surface area contributed by atoms with Gasteiger partial charge in [-0.15, -0.1) is 0 Å². The van der Waals surface area contributed by atoms with Crippen molar-refractivity contribution in [3.8, 4) is 0 Å². The Morgan fingerprint density at radius 3 is 2.90 bits per heavy atom. The van der Waals surface area contributed by atoms with E-state index in [1.165, 1.54) is 4.90 Å². The van der Waals surface area contributed by atoms with E-state index in [1.54, 1.807) is 42.7 Å². The second kappa shape index (κ2) is 8.44. The lowest BCUT2D eigenvalue weighted by atomic mass is 10.2. The van der Waals surface area contributed by atoms with Gasteiger partial charge < -0.3 is 11.1 Å². The van der Waals surface area contributed by atoms with Crippen LogP contribution < -0.4 is 21.3 Å². The number of urea groups is 1. The molecule has 2 aromatic heterocycles. The van der Waals surface area contributed by atoms with Crippen LogP contribution in [0.5, 0.6) is 0 Å². The first-order valence-electron chi connectivity index (χ1n) is 9.16. The Hall–Kier alpha value is -3.56. The minimum absolute atomic E-state index is 0.136. The molecule has 0 spiro atoms. The molecule has 1 aromatic carbocycles. The highest BCUT2D eigenvalue weighted by Crippen LogP contribution is 2.33. The number of benzene rings is 1. The van der Waals surface area contributed by atoms with Gasteiger partial charge >= 0.3 is 6.03 Å². The lowest BCUT2D eigenvalue weighted by molar-refractivity contribution is -0.115. The Morgan fingerprint density at radius 2 is 2.13 bits per heavy atom. The molecule has 0 radical (unpaired) electrons. The maximum absolute atomic E-state index is 12.7. The normalized spacial score (nSPS) is 12.9. The Morgan fingerprint density at radius 1 is 1.27 bits per heavy atom. The summed E-state index contributed by atoms with van der Waals surface area (Å²) >= 11 is 6.34. The summed E-state index contributed by atoms with van der Waals surface area (Å²) in [4.78, 5) is 39.0. The van der Waals surface area contributed by atoms with E-state index in [-0.39, 0.29) is 31.4 Å². The number of hydrogen-bond donors (Lipinski definition) is 3. The van der Waals surface area contributed by atoms with Crippen molar-refractivity contribution in [1.82, 2.24) is 15.0 Å². The van der Waals surface area contributed by atoms with Crippen LogP contribution in [0.1, 0.15) is 17.1 Å². The van der Waals surface area contributed by atoms with Gasteiger partial charge in [-0.25, -0.2) is 14.8 Å². The summed E-state index contributed by atoms with van der Waals surface area (Å²) in [7, 11) is 0. The van der Waals surface area contributed by atoms with Crippen molar-refractivity contribution in [2.75, 3.05) is 15.5 Å². The van der Waals surface area contributed by atoms with Crippen molar-refractivity contribution in [2.24, 2.45) is 5.73 Å². The zero-order valence-corrected chi connectivity index (χ0v) is 16.6. The van der Waals surface area contributed by atoms with Gasteiger partial charge in [-0.3, -0.25) is 20.0 Å². The molecule has 10 heteroatoms. The van der Waals surface area contributed by atoms with Crippen molar-refractivity contribution in [2.45, 2.75) is 19.5 Å². The predicted molar refractivity (Wildman–Crippen MR) is 113 cm³/mol. The highest BCUT2D eigenvalue weighted by Gasteiger charge is 2.27. The fraction of sp³-hybridized carbons (Fsp3) is 0.150. The Balaban J connectivity index is 1.54. The standard InChI is InChI=1S/C20H18ClN7O2/c21-15-5-4-14(25-18(29)8-13-3-1-2-6-23-13)7-16(15)28-11-12-10-24-17(9-22)26-19(12)27-20(28)30/h1-7,10H,8-9,11,22H2,(H,25,29)(H,24,26,27,30). The quantitative estimate of drug-likeness (QED) is 0.579. The molecule has 3 aromatic rings. The van der Waals surface area contributed by atoms with Gasteiger partial charge in [0, 0.05) is 29.3 Å². The minimum atomic E-state index is -0.386. The first kappa shape index (κ1) is 19.7. The molecular formula is C20H18ClN7O2. The number of anilines is 3. The number of fused-ring (bicyclic) bond motifs is 1. The molecule has 0 fully saturated rings. The van der Waals surface area contributed by atoms with Crippen molar-refractivity contribution in [3.05, 3.63) is 70.9 Å². The Labute approximate surface area is 177 Å². The first-order chi connectivity index (χ1) is 14.5. The average molecular weight is 424 g/mol. The number of rotatable bonds is 5. The molecule has 9 nitrogen and oxygen atoms in total. The maximum atomic E-state index is 12.7. The molecule has 3 amide bonds. The number of pyridine rings is 1. The van der Waals surface area contributed by atoms with E-state index in [4.69, 9.17) is 17.3 Å². The molecule has 0 aliphatic carbocycles. The molecule has 1 aliphatic rings. The van der Waals surface area contributed by atoms with E-state index < -0.39 is 0 Å². The average Bonchev–Trinajstić information content (AvgIpc) is 2.75. The maximum Gasteiger partial charge on any atom is 0.327 e. The third kappa shape index (κ3) is 4.22. The van der Waals surface area contributed by atoms with Crippen LogP contribution >= 0.6 is 11.6 Å². The van der Waals surface area contributed by atoms with Crippen LogP contribution in [0.4, 0.5) is 22.0 Å². The number of nitrogens with one attached hydrogen (secondary N) is 2. The summed E-state index contributed by atoms with van der Waals surface area (Å²) in [6.07, 6.45) is 3.40. The fourth-order valence-corrected chi connectivity index (χ4v) is 3.26. The van der Waals surface area contributed by atoms with Gasteiger partial charge in [-0.2, -0.15) is 0 Å². The molecular weight excluding hydrogens is 406 g/mol. The number of carbonyl (C=O) groups is 2. The van der Waals surface area contributed by atoms with Crippen molar-refractivity contribution in [3.63, 3.8) is 0 Å². The number of aromatic nitrogens is 3. The van der Waals surface area contributed by atoms with Crippen molar-refractivity contribution >= 4 is 40.7 Å². The topological polar surface area (TPSA) is 126 Å². The van der Waals surface area contributed by atoms with Crippen molar-refractivity contribution in [1.29, 1.82) is 0 Å². The largest absolute Gasteiger partial charge is 0.327 e. The van der Waals surface area contributed by atoms with Crippen LogP contribution in [-0.2, 0) is 24.3 Å². The van der Waals surface area contributed by atoms with E-state index in [0.29, 0.717) is 33.7 Å². The van der Waals surface area contributed by atoms with Gasteiger partial charge in [-0.1, -0.05) is 17.7 Å². The summed E-state index contributed by atoms with van der Waals surface area (Å²) < 4.78 is 0. The molecule has 0 unspecified atom stereocenters. The number of halogens is 1. The third-order valence-electron chi connectivity index (χ3n) is 4.48. The number of nitrogens with zero attached hydrogens (tertiary/aromatic N) is 4. The van der Waals surface area contributed by atoms with E-state index in [9.17, 15) is 9.59 Å². The van der Waals surface area contributed by atoms with Crippen LogP contribution in [0, 0.1) is 0 Å². The van der Waals surface area contributed by atoms with Gasteiger partial charge in [0.25, 0.3) is 0 Å². The molecule has 4 rings (SSSR count). The van der Waals surface area contributed by atoms with Crippen LogP contribution in [0.15, 0.2) is 48.8 Å². The van der Waals surface area contributed by atoms with Gasteiger partial charge in [-0.05, 0) is 30.3 Å². The fourth-order valence-electron chi connectivity index (χ4n) is 3.04. The molecule has 30 heavy (non-hydrogen) atoms. The minimum Gasteiger partial charge on any atom is -0.326 e. The molecule has 4 N–H and O–H groups in total. The van der Waals surface area contributed by atoms with Gasteiger partial charge in [0.15, 0.2) is 0 Å². The summed E-state index contributed by atoms with van der Waals surface area (Å²) in [5.41, 5.74) is 7.92. The number of amides is 3. The molecule has 1 aliphatic heterocycles. The smallest absolute Gasteiger partial charge is 0.326 e. The molecule has 0 saturated carbocycles. The first-order valence-corrected chi connectivity index (χ1v) is 9.54. The van der Waals surface area contributed by atoms with Gasteiger partial charge in [0.05, 0.1) is 30.2 Å². The zero-order valence-electron chi connectivity index (χ0n) is 15.8. The summed E-state index contributed by atoms with van der Waals surface area (Å²) in [6, 6.07) is 9.96. The second-order valence-corrected chi connectivity index (χ2v) is 7.00. The molecule has 0 bridgehead atoms. The third-order valence-corrected chi connectivity index (χ3v) is 4.80. The van der Waals surface area contributed by atoms with Crippen LogP contribution in [0.25, 0.3) is 0 Å². The van der Waals surface area contributed by atoms with E-state index in [2.05, 4.69) is 25.6 Å². The SMILES string of the molecule is NCc1ncc2c(n1)NC(=O)N(c1cc(NC(=O)Cc3ccccn3)ccc1Cl)C2. The second-order valence-electron chi connectivity index (χ2n) is 6.59. The van der Waals surface area contributed by atoms with Crippen LogP contribution in [0.2, 0.25) is 5.02 Å². The van der Waals surface area contributed by atoms with E-state index >= 15 is 0 Å². The monoisotopic (exact) mass is 423 g/mol. The van der Waals surface area contributed by atoms with Gasteiger partial charge in [0.2, 0.25) is 5.91 Å². The molecule has 3 heterocycles. The molecule has 0 atom stereocenters. The summed E-state index contributed by atoms with van der Waals surface area (Å²) in [6.45, 7) is 0.413. The Kier molecular flexibility index (Phi) is 5.55. The Bertz CT molecular complexity index is 1110. The van der Waals surface area contributed by atoms with Crippen LogP contribution in [-0.4, -0.2) is 26.9 Å². The highest BCUT2D eigenvalue weighted by molar-refractivity contribution is 6.34.